The molecule has 0 radical (unpaired) electrons. The lowest BCUT2D eigenvalue weighted by Crippen LogP contribution is -2.32. The van der Waals surface area contributed by atoms with Crippen LogP contribution >= 0.6 is 12.4 Å². The van der Waals surface area contributed by atoms with Crippen molar-refractivity contribution in [2.45, 2.75) is 38.0 Å². The summed E-state index contributed by atoms with van der Waals surface area (Å²) in [6.45, 7) is 5.78. The summed E-state index contributed by atoms with van der Waals surface area (Å²) in [5.74, 6) is 0.764. The van der Waals surface area contributed by atoms with Crippen molar-refractivity contribution in [1.29, 1.82) is 0 Å². The number of hydrogen-bond acceptors (Lipinski definition) is 4. The van der Waals surface area contributed by atoms with Gasteiger partial charge in [-0.2, -0.15) is 0 Å². The summed E-state index contributed by atoms with van der Waals surface area (Å²) in [4.78, 5) is 12.2. The van der Waals surface area contributed by atoms with Gasteiger partial charge in [0, 0.05) is 12.1 Å². The van der Waals surface area contributed by atoms with Crippen LogP contribution in [0.4, 0.5) is 5.69 Å². The molecule has 1 aliphatic rings. The fourth-order valence-corrected chi connectivity index (χ4v) is 3.88. The van der Waals surface area contributed by atoms with Gasteiger partial charge in [0.15, 0.2) is 0 Å². The standard InChI is InChI=1S/C16H25N3O3S.ClH/c1-11-3-4-14(10-15(11)23(17,21)22)19-16(20)9-12(2)13-5-7-18-8-6-13;/h3-4,10,12-13,18H,5-9H2,1-2H3,(H,19,20)(H2,17,21,22);1H. The minimum absolute atomic E-state index is 0. The first-order valence-electron chi connectivity index (χ1n) is 7.91. The highest BCUT2D eigenvalue weighted by molar-refractivity contribution is 7.89. The highest BCUT2D eigenvalue weighted by atomic mass is 35.5. The Morgan fingerprint density at radius 1 is 1.38 bits per heavy atom. The molecule has 0 aliphatic carbocycles. The summed E-state index contributed by atoms with van der Waals surface area (Å²) in [7, 11) is -3.79. The highest BCUT2D eigenvalue weighted by Gasteiger charge is 2.22. The molecule has 1 heterocycles. The van der Waals surface area contributed by atoms with Crippen molar-refractivity contribution in [3.05, 3.63) is 23.8 Å². The molecule has 2 rings (SSSR count). The number of nitrogens with two attached hydrogens (primary N) is 1. The van der Waals surface area contributed by atoms with Gasteiger partial charge in [-0.1, -0.05) is 13.0 Å². The van der Waals surface area contributed by atoms with Crippen LogP contribution in [-0.4, -0.2) is 27.4 Å². The molecule has 24 heavy (non-hydrogen) atoms. The van der Waals surface area contributed by atoms with Crippen LogP contribution in [0.5, 0.6) is 0 Å². The fraction of sp³-hybridized carbons (Fsp3) is 0.562. The molecule has 1 fully saturated rings. The molecule has 136 valence electrons. The Kier molecular flexibility index (Phi) is 7.66. The first-order chi connectivity index (χ1) is 10.8. The van der Waals surface area contributed by atoms with Crippen LogP contribution in [-0.2, 0) is 14.8 Å². The van der Waals surface area contributed by atoms with Gasteiger partial charge in [-0.05, 0) is 62.4 Å². The second-order valence-corrected chi connectivity index (χ2v) is 7.87. The molecule has 4 N–H and O–H groups in total. The summed E-state index contributed by atoms with van der Waals surface area (Å²) in [6.07, 6.45) is 2.62. The van der Waals surface area contributed by atoms with E-state index in [1.165, 1.54) is 6.07 Å². The van der Waals surface area contributed by atoms with Crippen molar-refractivity contribution in [2.24, 2.45) is 17.0 Å². The summed E-state index contributed by atoms with van der Waals surface area (Å²) in [6, 6.07) is 4.75. The largest absolute Gasteiger partial charge is 0.326 e. The molecule has 8 heteroatoms. The van der Waals surface area contributed by atoms with Gasteiger partial charge < -0.3 is 10.6 Å². The lowest BCUT2D eigenvalue weighted by atomic mass is 9.84. The second kappa shape index (κ2) is 8.80. The molecule has 1 amide bonds. The van der Waals surface area contributed by atoms with Gasteiger partial charge in [-0.25, -0.2) is 13.6 Å². The molecular weight excluding hydrogens is 350 g/mol. The monoisotopic (exact) mass is 375 g/mol. The number of benzene rings is 1. The zero-order valence-electron chi connectivity index (χ0n) is 14.0. The number of carbonyl (C=O) groups excluding carboxylic acids is 1. The number of primary sulfonamides is 1. The third-order valence-corrected chi connectivity index (χ3v) is 5.53. The summed E-state index contributed by atoms with van der Waals surface area (Å²) >= 11 is 0. The number of halogens is 1. The summed E-state index contributed by atoms with van der Waals surface area (Å²) < 4.78 is 23.1. The molecular formula is C16H26ClN3O3S. The quantitative estimate of drug-likeness (QED) is 0.732. The van der Waals surface area contributed by atoms with Crippen molar-refractivity contribution in [3.63, 3.8) is 0 Å². The lowest BCUT2D eigenvalue weighted by molar-refractivity contribution is -0.117. The van der Waals surface area contributed by atoms with Crippen molar-refractivity contribution >= 4 is 34.0 Å². The SMILES string of the molecule is Cc1ccc(NC(=O)CC(C)C2CCNCC2)cc1S(N)(=O)=O.Cl. The predicted molar refractivity (Wildman–Crippen MR) is 97.8 cm³/mol. The molecule has 1 atom stereocenters. The van der Waals surface area contributed by atoms with E-state index in [0.29, 0.717) is 29.5 Å². The van der Waals surface area contributed by atoms with Gasteiger partial charge in [0.2, 0.25) is 15.9 Å². The van der Waals surface area contributed by atoms with Crippen LogP contribution in [0.25, 0.3) is 0 Å². The molecule has 1 aromatic rings. The van der Waals surface area contributed by atoms with Crippen molar-refractivity contribution in [2.75, 3.05) is 18.4 Å². The topological polar surface area (TPSA) is 101 Å². The van der Waals surface area contributed by atoms with E-state index in [1.807, 2.05) is 0 Å². The molecule has 1 saturated heterocycles. The number of sulfonamides is 1. The average molecular weight is 376 g/mol. The number of carbonyl (C=O) groups is 1. The Balaban J connectivity index is 0.00000288. The van der Waals surface area contributed by atoms with E-state index in [2.05, 4.69) is 17.6 Å². The Labute approximate surface area is 150 Å². The summed E-state index contributed by atoms with van der Waals surface area (Å²) in [5.41, 5.74) is 1.02. The molecule has 0 bridgehead atoms. The third-order valence-electron chi connectivity index (χ3n) is 4.47. The molecule has 0 spiro atoms. The van der Waals surface area contributed by atoms with Gasteiger partial charge in [-0.15, -0.1) is 12.4 Å². The van der Waals surface area contributed by atoms with Crippen molar-refractivity contribution < 1.29 is 13.2 Å². The maximum absolute atomic E-state index is 12.2. The minimum Gasteiger partial charge on any atom is -0.326 e. The lowest BCUT2D eigenvalue weighted by Gasteiger charge is -2.27. The van der Waals surface area contributed by atoms with Gasteiger partial charge in [0.25, 0.3) is 0 Å². The normalized spacial score (nSPS) is 17.0. The summed E-state index contributed by atoms with van der Waals surface area (Å²) in [5, 5.41) is 11.3. The molecule has 1 unspecified atom stereocenters. The average Bonchev–Trinajstić information content (AvgIpc) is 2.49. The number of nitrogens with one attached hydrogen (secondary N) is 2. The number of hydrogen-bond donors (Lipinski definition) is 3. The zero-order chi connectivity index (χ0) is 17.0. The van der Waals surface area contributed by atoms with Crippen molar-refractivity contribution in [3.8, 4) is 0 Å². The molecule has 1 aromatic carbocycles. The number of amides is 1. The number of piperidine rings is 1. The Hall–Kier alpha value is -1.15. The van der Waals surface area contributed by atoms with Gasteiger partial charge in [0.05, 0.1) is 4.90 Å². The zero-order valence-corrected chi connectivity index (χ0v) is 15.7. The van der Waals surface area contributed by atoms with Crippen LogP contribution in [0.15, 0.2) is 23.1 Å². The highest BCUT2D eigenvalue weighted by Crippen LogP contribution is 2.25. The van der Waals surface area contributed by atoms with Gasteiger partial charge >= 0.3 is 0 Å². The van der Waals surface area contributed by atoms with Crippen LogP contribution in [0, 0.1) is 18.8 Å². The van der Waals surface area contributed by atoms with E-state index in [4.69, 9.17) is 5.14 Å². The van der Waals surface area contributed by atoms with Gasteiger partial charge in [0.1, 0.15) is 0 Å². The van der Waals surface area contributed by atoms with E-state index < -0.39 is 10.0 Å². The van der Waals surface area contributed by atoms with Crippen LogP contribution in [0.3, 0.4) is 0 Å². The smallest absolute Gasteiger partial charge is 0.238 e. The number of anilines is 1. The van der Waals surface area contributed by atoms with E-state index in [-0.39, 0.29) is 23.2 Å². The Morgan fingerprint density at radius 2 is 2.00 bits per heavy atom. The Morgan fingerprint density at radius 3 is 2.58 bits per heavy atom. The van der Waals surface area contributed by atoms with E-state index >= 15 is 0 Å². The molecule has 6 nitrogen and oxygen atoms in total. The van der Waals surface area contributed by atoms with Crippen molar-refractivity contribution in [1.82, 2.24) is 5.32 Å². The third kappa shape index (κ3) is 5.73. The molecule has 0 saturated carbocycles. The Bertz CT molecular complexity index is 673. The number of rotatable bonds is 5. The minimum atomic E-state index is -3.79. The van der Waals surface area contributed by atoms with E-state index in [0.717, 1.165) is 25.9 Å². The fourth-order valence-electron chi connectivity index (χ4n) is 3.07. The number of aryl methyl sites for hydroxylation is 1. The van der Waals surface area contributed by atoms with Gasteiger partial charge in [-0.3, -0.25) is 4.79 Å². The van der Waals surface area contributed by atoms with Crippen LogP contribution < -0.4 is 15.8 Å². The first kappa shape index (κ1) is 20.9. The first-order valence-corrected chi connectivity index (χ1v) is 9.46. The maximum Gasteiger partial charge on any atom is 0.238 e. The second-order valence-electron chi connectivity index (χ2n) is 6.34. The van der Waals surface area contributed by atoms with E-state index in [9.17, 15) is 13.2 Å². The van der Waals surface area contributed by atoms with Crippen LogP contribution in [0.2, 0.25) is 0 Å². The maximum atomic E-state index is 12.2. The molecule has 0 aromatic heterocycles. The van der Waals surface area contributed by atoms with E-state index in [1.54, 1.807) is 19.1 Å². The molecule has 1 aliphatic heterocycles. The predicted octanol–water partition coefficient (Wildman–Crippen LogP) is 2.03. The van der Waals surface area contributed by atoms with Crippen LogP contribution in [0.1, 0.15) is 31.7 Å².